The van der Waals surface area contributed by atoms with Crippen molar-refractivity contribution in [3.05, 3.63) is 53.7 Å². The monoisotopic (exact) mass is 435 g/mol. The summed E-state index contributed by atoms with van der Waals surface area (Å²) in [4.78, 5) is 39.3. The number of benzene rings is 2. The molecular weight excluding hydrogens is 414 g/mol. The van der Waals surface area contributed by atoms with Crippen LogP contribution in [0.4, 0.5) is 10.5 Å². The number of rotatable bonds is 5. The fourth-order valence-electron chi connectivity index (χ4n) is 3.73. The van der Waals surface area contributed by atoms with Crippen LogP contribution >= 0.6 is 0 Å². The summed E-state index contributed by atoms with van der Waals surface area (Å²) < 4.78 is 17.8. The molecule has 32 heavy (non-hydrogen) atoms. The van der Waals surface area contributed by atoms with Crippen LogP contribution in [0, 0.1) is 0 Å². The molecule has 2 aromatic carbocycles. The number of imide groups is 2. The van der Waals surface area contributed by atoms with Gasteiger partial charge in [-0.25, -0.2) is 9.69 Å². The molecule has 9 nitrogen and oxygen atoms in total. The van der Waals surface area contributed by atoms with Crippen LogP contribution in [0.25, 0.3) is 17.0 Å². The lowest BCUT2D eigenvalue weighted by molar-refractivity contribution is -0.122. The molecule has 4 rings (SSSR count). The number of ether oxygens (including phenoxy) is 3. The van der Waals surface area contributed by atoms with Crippen LogP contribution in [0.2, 0.25) is 0 Å². The number of fused-ring (bicyclic) bond motifs is 1. The second kappa shape index (κ2) is 8.10. The maximum Gasteiger partial charge on any atom is 0.335 e. The number of anilines is 1. The van der Waals surface area contributed by atoms with Crippen molar-refractivity contribution in [2.24, 2.45) is 7.05 Å². The highest BCUT2D eigenvalue weighted by Gasteiger charge is 2.38. The van der Waals surface area contributed by atoms with Gasteiger partial charge in [-0.15, -0.1) is 0 Å². The first-order valence-electron chi connectivity index (χ1n) is 9.65. The number of carbonyl (C=O) groups is 3. The van der Waals surface area contributed by atoms with Gasteiger partial charge in [0.1, 0.15) is 5.57 Å². The number of aromatic nitrogens is 1. The Hall–Kier alpha value is -4.27. The fourth-order valence-corrected chi connectivity index (χ4v) is 3.73. The minimum Gasteiger partial charge on any atom is -0.493 e. The molecule has 1 N–H and O–H groups in total. The van der Waals surface area contributed by atoms with Gasteiger partial charge in [-0.05, 0) is 12.1 Å². The van der Waals surface area contributed by atoms with E-state index < -0.39 is 17.8 Å². The van der Waals surface area contributed by atoms with Gasteiger partial charge in [-0.2, -0.15) is 0 Å². The average molecular weight is 435 g/mol. The van der Waals surface area contributed by atoms with Crippen molar-refractivity contribution in [1.82, 2.24) is 9.88 Å². The van der Waals surface area contributed by atoms with Crippen molar-refractivity contribution >= 4 is 40.5 Å². The number of hydrogen-bond acceptors (Lipinski definition) is 6. The SMILES string of the molecule is COc1cc(N2C(=O)NC(=O)C(=Cc3cn(C)c4ccccc34)C2=O)cc(OC)c1OC. The Morgan fingerprint density at radius 3 is 2.22 bits per heavy atom. The summed E-state index contributed by atoms with van der Waals surface area (Å²) in [5, 5.41) is 3.10. The van der Waals surface area contributed by atoms with Gasteiger partial charge in [0.15, 0.2) is 11.5 Å². The first kappa shape index (κ1) is 21.0. The van der Waals surface area contributed by atoms with E-state index in [9.17, 15) is 14.4 Å². The van der Waals surface area contributed by atoms with Crippen LogP contribution < -0.4 is 24.4 Å². The molecule has 1 aliphatic heterocycles. The number of methoxy groups -OCH3 is 3. The van der Waals surface area contributed by atoms with Gasteiger partial charge >= 0.3 is 6.03 Å². The molecule has 0 radical (unpaired) electrons. The molecule has 0 aliphatic carbocycles. The lowest BCUT2D eigenvalue weighted by Crippen LogP contribution is -2.54. The number of barbiturate groups is 1. The molecule has 2 heterocycles. The van der Waals surface area contributed by atoms with E-state index in [1.165, 1.54) is 39.5 Å². The molecular formula is C23H21N3O6. The highest BCUT2D eigenvalue weighted by atomic mass is 16.5. The molecule has 4 amide bonds. The summed E-state index contributed by atoms with van der Waals surface area (Å²) in [5.41, 5.74) is 1.62. The van der Waals surface area contributed by atoms with Crippen LogP contribution in [0.15, 0.2) is 48.2 Å². The van der Waals surface area contributed by atoms with Gasteiger partial charge in [0.2, 0.25) is 5.75 Å². The molecule has 0 bridgehead atoms. The predicted octanol–water partition coefficient (Wildman–Crippen LogP) is 2.87. The zero-order chi connectivity index (χ0) is 23.0. The minimum absolute atomic E-state index is 0.165. The van der Waals surface area contributed by atoms with Gasteiger partial charge in [0, 0.05) is 41.8 Å². The van der Waals surface area contributed by atoms with Gasteiger partial charge in [-0.1, -0.05) is 18.2 Å². The van der Waals surface area contributed by atoms with Crippen LogP contribution in [-0.2, 0) is 16.6 Å². The summed E-state index contributed by atoms with van der Waals surface area (Å²) in [5.74, 6) is -0.693. The summed E-state index contributed by atoms with van der Waals surface area (Å²) in [6.45, 7) is 0. The molecule has 0 atom stereocenters. The van der Waals surface area contributed by atoms with Crippen molar-refractivity contribution in [1.29, 1.82) is 0 Å². The van der Waals surface area contributed by atoms with E-state index in [1.807, 2.05) is 42.1 Å². The number of carbonyl (C=O) groups excluding carboxylic acids is 3. The molecule has 1 aromatic heterocycles. The molecule has 0 spiro atoms. The van der Waals surface area contributed by atoms with E-state index in [1.54, 1.807) is 0 Å². The van der Waals surface area contributed by atoms with Crippen molar-refractivity contribution in [2.75, 3.05) is 26.2 Å². The summed E-state index contributed by atoms with van der Waals surface area (Å²) >= 11 is 0. The standard InChI is InChI=1S/C23H21N3O6/c1-25-12-13(15-7-5-6-8-17(15)25)9-16-21(27)24-23(29)26(22(16)28)14-10-18(30-2)20(32-4)19(11-14)31-3/h5-12H,1-4H3,(H,24,27,29). The maximum atomic E-state index is 13.3. The number of para-hydroxylation sites is 1. The molecule has 1 aliphatic rings. The first-order chi connectivity index (χ1) is 15.4. The van der Waals surface area contributed by atoms with Gasteiger partial charge in [0.05, 0.1) is 27.0 Å². The van der Waals surface area contributed by atoms with Crippen molar-refractivity contribution in [3.8, 4) is 17.2 Å². The Morgan fingerprint density at radius 2 is 1.59 bits per heavy atom. The zero-order valence-corrected chi connectivity index (χ0v) is 18.0. The Morgan fingerprint density at radius 1 is 0.938 bits per heavy atom. The fraction of sp³-hybridized carbons (Fsp3) is 0.174. The van der Waals surface area contributed by atoms with Crippen LogP contribution in [0.3, 0.4) is 0 Å². The second-order valence-electron chi connectivity index (χ2n) is 7.05. The highest BCUT2D eigenvalue weighted by Crippen LogP contribution is 2.41. The topological polar surface area (TPSA) is 99.1 Å². The van der Waals surface area contributed by atoms with E-state index in [4.69, 9.17) is 14.2 Å². The molecule has 9 heteroatoms. The second-order valence-corrected chi connectivity index (χ2v) is 7.05. The number of amides is 4. The van der Waals surface area contributed by atoms with Gasteiger partial charge in [-0.3, -0.25) is 14.9 Å². The largest absolute Gasteiger partial charge is 0.493 e. The smallest absolute Gasteiger partial charge is 0.335 e. The third-order valence-electron chi connectivity index (χ3n) is 5.24. The summed E-state index contributed by atoms with van der Waals surface area (Å²) in [6.07, 6.45) is 3.30. The Bertz CT molecular complexity index is 1270. The average Bonchev–Trinajstić information content (AvgIpc) is 3.11. The minimum atomic E-state index is -0.871. The maximum absolute atomic E-state index is 13.3. The van der Waals surface area contributed by atoms with Gasteiger partial charge in [0.25, 0.3) is 11.8 Å². The van der Waals surface area contributed by atoms with Crippen molar-refractivity contribution in [2.45, 2.75) is 0 Å². The molecule has 164 valence electrons. The summed E-state index contributed by atoms with van der Waals surface area (Å²) in [6, 6.07) is 9.67. The molecule has 1 saturated heterocycles. The highest BCUT2D eigenvalue weighted by molar-refractivity contribution is 6.39. The van der Waals surface area contributed by atoms with E-state index in [0.717, 1.165) is 15.8 Å². The Balaban J connectivity index is 1.82. The van der Waals surface area contributed by atoms with Gasteiger partial charge < -0.3 is 18.8 Å². The quantitative estimate of drug-likeness (QED) is 0.489. The van der Waals surface area contributed by atoms with Crippen LogP contribution in [-0.4, -0.2) is 43.7 Å². The lowest BCUT2D eigenvalue weighted by atomic mass is 10.1. The lowest BCUT2D eigenvalue weighted by Gasteiger charge is -2.27. The molecule has 1 fully saturated rings. The number of nitrogens with one attached hydrogen (secondary N) is 1. The molecule has 0 unspecified atom stereocenters. The van der Waals surface area contributed by atoms with Crippen molar-refractivity contribution in [3.63, 3.8) is 0 Å². The molecule has 3 aromatic rings. The Kier molecular flexibility index (Phi) is 5.31. The molecule has 0 saturated carbocycles. The van der Waals surface area contributed by atoms with E-state index in [2.05, 4.69) is 5.32 Å². The van der Waals surface area contributed by atoms with Crippen LogP contribution in [0.5, 0.6) is 17.2 Å². The first-order valence-corrected chi connectivity index (χ1v) is 9.65. The van der Waals surface area contributed by atoms with Crippen molar-refractivity contribution < 1.29 is 28.6 Å². The number of urea groups is 1. The summed E-state index contributed by atoms with van der Waals surface area (Å²) in [7, 11) is 6.17. The van der Waals surface area contributed by atoms with E-state index >= 15 is 0 Å². The third kappa shape index (κ3) is 3.33. The zero-order valence-electron chi connectivity index (χ0n) is 18.0. The predicted molar refractivity (Wildman–Crippen MR) is 118 cm³/mol. The normalized spacial score (nSPS) is 15.3. The number of aryl methyl sites for hydroxylation is 1. The van der Waals surface area contributed by atoms with E-state index in [0.29, 0.717) is 11.3 Å². The number of hydrogen-bond donors (Lipinski definition) is 1. The number of nitrogens with zero attached hydrogens (tertiary/aromatic N) is 2. The van der Waals surface area contributed by atoms with Crippen LogP contribution in [0.1, 0.15) is 5.56 Å². The third-order valence-corrected chi connectivity index (χ3v) is 5.24. The van der Waals surface area contributed by atoms with E-state index in [-0.39, 0.29) is 22.8 Å². The Labute approximate surface area is 183 Å².